The van der Waals surface area contributed by atoms with Crippen LogP contribution in [0.15, 0.2) is 51.9 Å². The lowest BCUT2D eigenvalue weighted by atomic mass is 10.1. The number of hydrogen-bond acceptors (Lipinski definition) is 7. The van der Waals surface area contributed by atoms with Crippen molar-refractivity contribution in [1.82, 2.24) is 19.3 Å². The number of aryl methyl sites for hydroxylation is 1. The van der Waals surface area contributed by atoms with Crippen LogP contribution in [0.3, 0.4) is 0 Å². The van der Waals surface area contributed by atoms with Crippen LogP contribution < -0.4 is 4.74 Å². The molecule has 4 rings (SSSR count). The van der Waals surface area contributed by atoms with E-state index in [2.05, 4.69) is 14.9 Å². The second kappa shape index (κ2) is 9.72. The van der Waals surface area contributed by atoms with Crippen molar-refractivity contribution in [3.8, 4) is 17.1 Å². The molecule has 33 heavy (non-hydrogen) atoms. The van der Waals surface area contributed by atoms with Gasteiger partial charge in [-0.3, -0.25) is 4.90 Å². The quantitative estimate of drug-likeness (QED) is 0.489. The first-order valence-electron chi connectivity index (χ1n) is 10.1. The van der Waals surface area contributed by atoms with Crippen LogP contribution in [0.1, 0.15) is 11.5 Å². The topological polar surface area (TPSA) is 88.8 Å². The van der Waals surface area contributed by atoms with E-state index in [1.807, 2.05) is 36.1 Å². The fraction of sp³-hybridized carbons (Fsp3) is 0.333. The van der Waals surface area contributed by atoms with Crippen molar-refractivity contribution in [2.75, 3.05) is 26.2 Å². The van der Waals surface area contributed by atoms with Crippen LogP contribution in [0.4, 0.5) is 8.78 Å². The van der Waals surface area contributed by atoms with Gasteiger partial charge >= 0.3 is 6.61 Å². The van der Waals surface area contributed by atoms with E-state index in [0.717, 1.165) is 23.3 Å². The lowest BCUT2D eigenvalue weighted by Crippen LogP contribution is -2.48. The smallest absolute Gasteiger partial charge is 0.387 e. The highest BCUT2D eigenvalue weighted by atomic mass is 35.5. The Kier molecular flexibility index (Phi) is 6.94. The second-order valence-electron chi connectivity index (χ2n) is 7.53. The molecule has 176 valence electrons. The van der Waals surface area contributed by atoms with Crippen LogP contribution in [0.2, 0.25) is 5.02 Å². The summed E-state index contributed by atoms with van der Waals surface area (Å²) in [7, 11) is -3.83. The third kappa shape index (κ3) is 5.49. The van der Waals surface area contributed by atoms with Gasteiger partial charge in [0, 0.05) is 31.7 Å². The Bertz CT molecular complexity index is 1210. The number of nitrogens with zero attached hydrogens (tertiary/aromatic N) is 4. The number of piperazine rings is 1. The SMILES string of the molecule is Cc1ccc(-c2noc(CN3CCN(S(=O)(=O)c4ccc(OC(F)F)c(Cl)c4)CC3)n2)cc1. The third-order valence-electron chi connectivity index (χ3n) is 5.23. The Balaban J connectivity index is 1.37. The van der Waals surface area contributed by atoms with E-state index in [9.17, 15) is 17.2 Å². The molecule has 0 radical (unpaired) electrons. The van der Waals surface area contributed by atoms with Gasteiger partial charge in [-0.05, 0) is 25.1 Å². The molecule has 0 spiro atoms. The molecule has 0 amide bonds. The van der Waals surface area contributed by atoms with Crippen molar-refractivity contribution in [2.45, 2.75) is 25.0 Å². The zero-order chi connectivity index (χ0) is 23.6. The predicted molar refractivity (Wildman–Crippen MR) is 117 cm³/mol. The Labute approximate surface area is 194 Å². The Morgan fingerprint density at radius 3 is 2.45 bits per heavy atom. The highest BCUT2D eigenvalue weighted by Gasteiger charge is 2.30. The van der Waals surface area contributed by atoms with E-state index in [0.29, 0.717) is 31.3 Å². The molecule has 1 aliphatic heterocycles. The minimum Gasteiger partial charge on any atom is -0.433 e. The van der Waals surface area contributed by atoms with E-state index >= 15 is 0 Å². The molecule has 0 unspecified atom stereocenters. The molecular weight excluding hydrogens is 478 g/mol. The normalized spacial score (nSPS) is 15.8. The summed E-state index contributed by atoms with van der Waals surface area (Å²) in [6.07, 6.45) is 0. The molecule has 1 fully saturated rings. The molecule has 2 aromatic carbocycles. The van der Waals surface area contributed by atoms with Gasteiger partial charge in [-0.1, -0.05) is 46.6 Å². The molecule has 0 atom stereocenters. The molecule has 0 bridgehead atoms. The Morgan fingerprint density at radius 2 is 1.82 bits per heavy atom. The highest BCUT2D eigenvalue weighted by Crippen LogP contribution is 2.30. The number of aromatic nitrogens is 2. The lowest BCUT2D eigenvalue weighted by molar-refractivity contribution is -0.0498. The van der Waals surface area contributed by atoms with Gasteiger partial charge in [-0.15, -0.1) is 0 Å². The van der Waals surface area contributed by atoms with Crippen molar-refractivity contribution in [3.05, 3.63) is 58.9 Å². The summed E-state index contributed by atoms with van der Waals surface area (Å²) in [5.74, 6) is 0.672. The van der Waals surface area contributed by atoms with Crippen LogP contribution >= 0.6 is 11.6 Å². The maximum Gasteiger partial charge on any atom is 0.387 e. The van der Waals surface area contributed by atoms with E-state index in [1.165, 1.54) is 10.4 Å². The minimum atomic E-state index is -3.83. The number of hydrogen-bond donors (Lipinski definition) is 0. The average Bonchev–Trinajstić information content (AvgIpc) is 3.24. The fourth-order valence-corrected chi connectivity index (χ4v) is 5.18. The number of rotatable bonds is 7. The van der Waals surface area contributed by atoms with Crippen molar-refractivity contribution in [1.29, 1.82) is 0 Å². The zero-order valence-electron chi connectivity index (χ0n) is 17.6. The van der Waals surface area contributed by atoms with Gasteiger partial charge < -0.3 is 9.26 Å². The summed E-state index contributed by atoms with van der Waals surface area (Å²) < 4.78 is 61.6. The number of ether oxygens (including phenoxy) is 1. The fourth-order valence-electron chi connectivity index (χ4n) is 3.44. The van der Waals surface area contributed by atoms with Crippen LogP contribution in [-0.2, 0) is 16.6 Å². The van der Waals surface area contributed by atoms with Gasteiger partial charge in [-0.25, -0.2) is 8.42 Å². The van der Waals surface area contributed by atoms with Crippen molar-refractivity contribution < 1.29 is 26.5 Å². The molecule has 0 aliphatic carbocycles. The number of alkyl halides is 2. The van der Waals surface area contributed by atoms with Crippen LogP contribution in [0.5, 0.6) is 5.75 Å². The van der Waals surface area contributed by atoms with E-state index in [1.54, 1.807) is 0 Å². The largest absolute Gasteiger partial charge is 0.433 e. The summed E-state index contributed by atoms with van der Waals surface area (Å²) in [4.78, 5) is 6.36. The maximum atomic E-state index is 12.9. The van der Waals surface area contributed by atoms with Gasteiger partial charge in [0.15, 0.2) is 0 Å². The maximum absolute atomic E-state index is 12.9. The van der Waals surface area contributed by atoms with Crippen molar-refractivity contribution >= 4 is 21.6 Å². The van der Waals surface area contributed by atoms with Gasteiger partial charge in [-0.2, -0.15) is 18.1 Å². The molecular formula is C21H21ClF2N4O4S. The summed E-state index contributed by atoms with van der Waals surface area (Å²) in [6, 6.07) is 11.2. The molecule has 1 saturated heterocycles. The van der Waals surface area contributed by atoms with Crippen molar-refractivity contribution in [2.24, 2.45) is 0 Å². The lowest BCUT2D eigenvalue weighted by Gasteiger charge is -2.33. The predicted octanol–water partition coefficient (Wildman–Crippen LogP) is 3.81. The zero-order valence-corrected chi connectivity index (χ0v) is 19.2. The summed E-state index contributed by atoms with van der Waals surface area (Å²) in [6.45, 7) is 0.755. The Morgan fingerprint density at radius 1 is 1.12 bits per heavy atom. The summed E-state index contributed by atoms with van der Waals surface area (Å²) in [5.41, 5.74) is 1.99. The van der Waals surface area contributed by atoms with Crippen molar-refractivity contribution in [3.63, 3.8) is 0 Å². The second-order valence-corrected chi connectivity index (χ2v) is 9.87. The van der Waals surface area contributed by atoms with E-state index in [4.69, 9.17) is 16.1 Å². The highest BCUT2D eigenvalue weighted by molar-refractivity contribution is 7.89. The molecule has 0 N–H and O–H groups in total. The average molecular weight is 499 g/mol. The molecule has 0 saturated carbocycles. The number of halogens is 3. The van der Waals surface area contributed by atoms with Crippen LogP contribution in [0, 0.1) is 6.92 Å². The third-order valence-corrected chi connectivity index (χ3v) is 7.42. The van der Waals surface area contributed by atoms with Gasteiger partial charge in [0.05, 0.1) is 16.5 Å². The van der Waals surface area contributed by atoms with Gasteiger partial charge in [0.25, 0.3) is 0 Å². The van der Waals surface area contributed by atoms with Gasteiger partial charge in [0.1, 0.15) is 5.75 Å². The summed E-state index contributed by atoms with van der Waals surface area (Å²) in [5, 5.41) is 3.82. The molecule has 1 aromatic heterocycles. The van der Waals surface area contributed by atoms with E-state index < -0.39 is 16.6 Å². The standard InChI is InChI=1S/C21H21ClF2N4O4S/c1-14-2-4-15(5-3-14)20-25-19(32-26-20)13-27-8-10-28(11-9-27)33(29,30)16-6-7-18(17(22)12-16)31-21(23)24/h2-7,12,21H,8-11,13H2,1H3. The number of benzene rings is 2. The Hall–Kier alpha value is -2.60. The number of sulfonamides is 1. The first-order chi connectivity index (χ1) is 15.7. The minimum absolute atomic E-state index is 0.0813. The summed E-state index contributed by atoms with van der Waals surface area (Å²) >= 11 is 5.91. The van der Waals surface area contributed by atoms with Crippen LogP contribution in [-0.4, -0.2) is 60.6 Å². The van der Waals surface area contributed by atoms with Gasteiger partial charge in [0.2, 0.25) is 21.7 Å². The molecule has 8 nitrogen and oxygen atoms in total. The first kappa shape index (κ1) is 23.6. The molecule has 2 heterocycles. The molecule has 3 aromatic rings. The first-order valence-corrected chi connectivity index (χ1v) is 11.9. The monoisotopic (exact) mass is 498 g/mol. The molecule has 12 heteroatoms. The molecule has 1 aliphatic rings. The van der Waals surface area contributed by atoms with Crippen LogP contribution in [0.25, 0.3) is 11.4 Å². The van der Waals surface area contributed by atoms with E-state index in [-0.39, 0.29) is 28.8 Å².